The molecule has 2 aromatic heterocycles. The van der Waals surface area contributed by atoms with Gasteiger partial charge in [0.15, 0.2) is 5.65 Å². The summed E-state index contributed by atoms with van der Waals surface area (Å²) in [6.45, 7) is 10.3. The first-order chi connectivity index (χ1) is 17.0. The van der Waals surface area contributed by atoms with E-state index in [0.29, 0.717) is 42.7 Å². The van der Waals surface area contributed by atoms with E-state index in [9.17, 15) is 4.79 Å². The Morgan fingerprint density at radius 3 is 2.75 bits per heavy atom. The fraction of sp³-hybridized carbons (Fsp3) is 0.520. The number of nitrogen functional groups attached to an aromatic ring is 1. The summed E-state index contributed by atoms with van der Waals surface area (Å²) in [7, 11) is 0. The van der Waals surface area contributed by atoms with Gasteiger partial charge in [0.1, 0.15) is 11.8 Å². The van der Waals surface area contributed by atoms with Crippen molar-refractivity contribution >= 4 is 29.3 Å². The van der Waals surface area contributed by atoms with Gasteiger partial charge in [0.2, 0.25) is 11.9 Å². The predicted molar refractivity (Wildman–Crippen MR) is 138 cm³/mol. The van der Waals surface area contributed by atoms with Crippen LogP contribution in [0.15, 0.2) is 30.5 Å². The molecule has 10 nitrogen and oxygen atoms in total. The number of aromatic nitrogens is 4. The number of ether oxygens (including phenoxy) is 1. The van der Waals surface area contributed by atoms with Crippen LogP contribution in [-0.4, -0.2) is 61.5 Å². The molecule has 3 aromatic rings. The molecule has 36 heavy (non-hydrogen) atoms. The Labute approximate surface area is 210 Å². The second-order valence-electron chi connectivity index (χ2n) is 10.4. The lowest BCUT2D eigenvalue weighted by atomic mass is 10.0. The highest BCUT2D eigenvalue weighted by Gasteiger charge is 2.34. The monoisotopic (exact) mass is 498 g/mol. The summed E-state index contributed by atoms with van der Waals surface area (Å²) in [6.07, 6.45) is 0.373. The highest BCUT2D eigenvalue weighted by atomic mass is 19.1. The van der Waals surface area contributed by atoms with E-state index in [1.807, 2.05) is 24.3 Å². The molecule has 1 amide bonds. The van der Waals surface area contributed by atoms with E-state index in [-0.39, 0.29) is 12.5 Å². The van der Waals surface area contributed by atoms with Crippen LogP contribution in [0.5, 0.6) is 0 Å². The molecule has 0 saturated carbocycles. The van der Waals surface area contributed by atoms with Crippen molar-refractivity contribution < 1.29 is 13.9 Å². The van der Waals surface area contributed by atoms with Crippen molar-refractivity contribution in [3.63, 3.8) is 0 Å². The summed E-state index contributed by atoms with van der Waals surface area (Å²) in [5, 5.41) is 10.9. The number of carbonyl (C=O) groups is 1. The zero-order valence-electron chi connectivity index (χ0n) is 21.5. The number of piperidine rings is 1. The van der Waals surface area contributed by atoms with E-state index in [1.165, 1.54) is 4.90 Å². The molecule has 0 radical (unpaired) electrons. The van der Waals surface area contributed by atoms with Crippen molar-refractivity contribution in [1.29, 1.82) is 0 Å². The lowest BCUT2D eigenvalue weighted by molar-refractivity contribution is 0.0125. The Balaban J connectivity index is 1.53. The molecule has 1 saturated heterocycles. The quantitative estimate of drug-likeness (QED) is 0.432. The number of nitrogens with one attached hydrogen (secondary N) is 2. The second kappa shape index (κ2) is 10.2. The van der Waals surface area contributed by atoms with Crippen molar-refractivity contribution in [3.8, 4) is 0 Å². The van der Waals surface area contributed by atoms with Crippen LogP contribution in [-0.2, 0) is 11.3 Å². The minimum absolute atomic E-state index is 0.0563. The molecule has 1 fully saturated rings. The Morgan fingerprint density at radius 1 is 1.31 bits per heavy atom. The molecule has 0 aliphatic carbocycles. The van der Waals surface area contributed by atoms with Crippen molar-refractivity contribution in [3.05, 3.63) is 41.6 Å². The molecule has 1 aliphatic heterocycles. The van der Waals surface area contributed by atoms with E-state index in [1.54, 1.807) is 31.5 Å². The Bertz CT molecular complexity index is 1220. The number of amides is 1. The van der Waals surface area contributed by atoms with Crippen LogP contribution in [0.4, 0.5) is 26.8 Å². The smallest absolute Gasteiger partial charge is 0.410 e. The molecule has 4 N–H and O–H groups in total. The van der Waals surface area contributed by atoms with E-state index in [0.717, 1.165) is 11.1 Å². The average molecular weight is 499 g/mol. The molecule has 1 aliphatic rings. The van der Waals surface area contributed by atoms with Crippen molar-refractivity contribution in [1.82, 2.24) is 24.5 Å². The van der Waals surface area contributed by atoms with Crippen LogP contribution in [0.25, 0.3) is 5.65 Å². The van der Waals surface area contributed by atoms with Gasteiger partial charge in [-0.2, -0.15) is 19.6 Å². The zero-order valence-corrected chi connectivity index (χ0v) is 21.5. The SMILES string of the molecule is CC(C)c1cnn2c(NCc3cccc(N)c3)nc(N[C@@H]3CCN(C(=O)OC(C)(C)C)C[C@H]3F)nc12. The molecule has 0 unspecified atom stereocenters. The maximum atomic E-state index is 15.1. The number of hydrogen-bond acceptors (Lipinski definition) is 8. The summed E-state index contributed by atoms with van der Waals surface area (Å²) in [6, 6.07) is 7.04. The average Bonchev–Trinajstić information content (AvgIpc) is 3.22. The van der Waals surface area contributed by atoms with Crippen LogP contribution >= 0.6 is 0 Å². The van der Waals surface area contributed by atoms with Crippen LogP contribution < -0.4 is 16.4 Å². The number of nitrogens with two attached hydrogens (primary N) is 1. The predicted octanol–water partition coefficient (Wildman–Crippen LogP) is 4.20. The van der Waals surface area contributed by atoms with Crippen LogP contribution in [0.3, 0.4) is 0 Å². The van der Waals surface area contributed by atoms with Crippen molar-refractivity contribution in [2.45, 2.75) is 71.3 Å². The van der Waals surface area contributed by atoms with Gasteiger partial charge >= 0.3 is 6.09 Å². The second-order valence-corrected chi connectivity index (χ2v) is 10.4. The molecule has 11 heteroatoms. The number of rotatable bonds is 6. The number of fused-ring (bicyclic) bond motifs is 1. The van der Waals surface area contributed by atoms with Gasteiger partial charge < -0.3 is 26.0 Å². The molecule has 3 heterocycles. The lowest BCUT2D eigenvalue weighted by Crippen LogP contribution is -2.51. The molecule has 4 rings (SSSR count). The molecule has 1 aromatic carbocycles. The highest BCUT2D eigenvalue weighted by molar-refractivity contribution is 5.68. The lowest BCUT2D eigenvalue weighted by Gasteiger charge is -2.35. The summed E-state index contributed by atoms with van der Waals surface area (Å²) in [4.78, 5) is 23.0. The van der Waals surface area contributed by atoms with Gasteiger partial charge in [0.05, 0.1) is 18.8 Å². The number of benzene rings is 1. The Morgan fingerprint density at radius 2 is 2.08 bits per heavy atom. The van der Waals surface area contributed by atoms with Gasteiger partial charge in [-0.05, 0) is 50.8 Å². The van der Waals surface area contributed by atoms with Crippen molar-refractivity contribution in [2.24, 2.45) is 0 Å². The fourth-order valence-electron chi connectivity index (χ4n) is 4.09. The molecule has 0 bridgehead atoms. The number of likely N-dealkylation sites (tertiary alicyclic amines) is 1. The normalized spacial score (nSPS) is 18.5. The van der Waals surface area contributed by atoms with Crippen molar-refractivity contribution in [2.75, 3.05) is 29.5 Å². The number of carbonyl (C=O) groups excluding carboxylic acids is 1. The third-order valence-electron chi connectivity index (χ3n) is 5.93. The van der Waals surface area contributed by atoms with E-state index < -0.39 is 23.9 Å². The third-order valence-corrected chi connectivity index (χ3v) is 5.93. The number of anilines is 3. The van der Waals surface area contributed by atoms with E-state index in [4.69, 9.17) is 10.5 Å². The summed E-state index contributed by atoms with van der Waals surface area (Å²) < 4.78 is 22.2. The third kappa shape index (κ3) is 5.95. The van der Waals surface area contributed by atoms with Crippen LogP contribution in [0.1, 0.15) is 58.1 Å². The summed E-state index contributed by atoms with van der Waals surface area (Å²) >= 11 is 0. The molecular formula is C25H35FN8O2. The minimum Gasteiger partial charge on any atom is -0.444 e. The number of halogens is 1. The van der Waals surface area contributed by atoms with Gasteiger partial charge in [-0.1, -0.05) is 26.0 Å². The maximum Gasteiger partial charge on any atom is 0.410 e. The van der Waals surface area contributed by atoms with Gasteiger partial charge in [-0.15, -0.1) is 0 Å². The first-order valence-electron chi connectivity index (χ1n) is 12.2. The van der Waals surface area contributed by atoms with Crippen LogP contribution in [0, 0.1) is 0 Å². The van der Waals surface area contributed by atoms with Gasteiger partial charge in [-0.3, -0.25) is 0 Å². The summed E-state index contributed by atoms with van der Waals surface area (Å²) in [5.41, 5.74) is 8.56. The van der Waals surface area contributed by atoms with Gasteiger partial charge in [0, 0.05) is 24.3 Å². The fourth-order valence-corrected chi connectivity index (χ4v) is 4.09. The number of hydrogen-bond donors (Lipinski definition) is 3. The largest absolute Gasteiger partial charge is 0.444 e. The molecule has 0 spiro atoms. The number of nitrogens with zero attached hydrogens (tertiary/aromatic N) is 5. The van der Waals surface area contributed by atoms with Gasteiger partial charge in [-0.25, -0.2) is 9.18 Å². The maximum absolute atomic E-state index is 15.1. The topological polar surface area (TPSA) is 123 Å². The van der Waals surface area contributed by atoms with E-state index >= 15 is 4.39 Å². The Hall–Kier alpha value is -3.63. The standard InChI is InChI=1S/C25H35FN8O2/c1-15(2)18-13-29-34-21(18)31-22(32-23(34)28-12-16-7-6-8-17(27)11-16)30-20-9-10-33(14-19(20)26)24(35)36-25(3,4)5/h6-8,11,13,15,19-20H,9-10,12,14,27H2,1-5H3,(H2,28,30,31,32)/t19-,20-/m1/s1. The Kier molecular flexibility index (Phi) is 7.18. The minimum atomic E-state index is -1.30. The highest BCUT2D eigenvalue weighted by Crippen LogP contribution is 2.25. The first-order valence-corrected chi connectivity index (χ1v) is 12.2. The first kappa shape index (κ1) is 25.5. The van der Waals surface area contributed by atoms with Gasteiger partial charge in [0.25, 0.3) is 0 Å². The molecule has 194 valence electrons. The molecular weight excluding hydrogens is 463 g/mol. The number of alkyl halides is 1. The van der Waals surface area contributed by atoms with Crippen LogP contribution in [0.2, 0.25) is 0 Å². The molecule has 2 atom stereocenters. The summed E-state index contributed by atoms with van der Waals surface area (Å²) in [5.74, 6) is 0.981. The zero-order chi connectivity index (χ0) is 26.0. The van der Waals surface area contributed by atoms with E-state index in [2.05, 4.69) is 39.5 Å².